The van der Waals surface area contributed by atoms with Gasteiger partial charge in [0.2, 0.25) is 0 Å². The molecule has 0 rings (SSSR count). The second-order valence-corrected chi connectivity index (χ2v) is 4.14. The molecule has 0 aliphatic rings. The maximum absolute atomic E-state index is 11.4. The van der Waals surface area contributed by atoms with Crippen molar-refractivity contribution < 1.29 is 9.53 Å². The van der Waals surface area contributed by atoms with Gasteiger partial charge in [0.15, 0.2) is 0 Å². The fourth-order valence-corrected chi connectivity index (χ4v) is 1.50. The fourth-order valence-electron chi connectivity index (χ4n) is 1.50. The van der Waals surface area contributed by atoms with Crippen molar-refractivity contribution in [2.45, 2.75) is 40.5 Å². The van der Waals surface area contributed by atoms with Crippen molar-refractivity contribution >= 4 is 5.97 Å². The van der Waals surface area contributed by atoms with Gasteiger partial charge in [-0.25, -0.2) is 0 Å². The summed E-state index contributed by atoms with van der Waals surface area (Å²) in [5.74, 6) is 1.01. The summed E-state index contributed by atoms with van der Waals surface area (Å²) >= 11 is 0. The molecule has 0 N–H and O–H groups in total. The third kappa shape index (κ3) is 4.30. The predicted molar refractivity (Wildman–Crippen MR) is 54.4 cm³/mol. The van der Waals surface area contributed by atoms with E-state index in [1.807, 2.05) is 0 Å². The Kier molecular flexibility index (Phi) is 5.76. The molecule has 0 bridgehead atoms. The summed E-state index contributed by atoms with van der Waals surface area (Å²) in [5, 5.41) is 0. The Labute approximate surface area is 81.7 Å². The Morgan fingerprint density at radius 3 is 2.15 bits per heavy atom. The van der Waals surface area contributed by atoms with Crippen LogP contribution >= 0.6 is 0 Å². The molecule has 0 saturated heterocycles. The van der Waals surface area contributed by atoms with E-state index in [-0.39, 0.29) is 11.9 Å². The highest BCUT2D eigenvalue weighted by atomic mass is 16.5. The number of methoxy groups -OCH3 is 1. The molecule has 2 nitrogen and oxygen atoms in total. The molecule has 0 fully saturated rings. The lowest BCUT2D eigenvalue weighted by Crippen LogP contribution is -2.24. The molecule has 0 spiro atoms. The van der Waals surface area contributed by atoms with E-state index in [1.54, 1.807) is 0 Å². The molecule has 13 heavy (non-hydrogen) atoms. The van der Waals surface area contributed by atoms with Crippen molar-refractivity contribution in [1.82, 2.24) is 0 Å². The van der Waals surface area contributed by atoms with Crippen LogP contribution in [0.1, 0.15) is 40.5 Å². The first-order valence-electron chi connectivity index (χ1n) is 5.10. The van der Waals surface area contributed by atoms with Gasteiger partial charge in [0, 0.05) is 0 Å². The van der Waals surface area contributed by atoms with Crippen LogP contribution in [0.2, 0.25) is 0 Å². The highest BCUT2D eigenvalue weighted by Crippen LogP contribution is 2.23. The van der Waals surface area contributed by atoms with Crippen LogP contribution in [0.25, 0.3) is 0 Å². The van der Waals surface area contributed by atoms with Gasteiger partial charge in [-0.15, -0.1) is 0 Å². The van der Waals surface area contributed by atoms with Crippen LogP contribution in [0.4, 0.5) is 0 Å². The molecule has 0 aliphatic carbocycles. The summed E-state index contributed by atoms with van der Waals surface area (Å²) in [6, 6.07) is 0. The highest BCUT2D eigenvalue weighted by molar-refractivity contribution is 5.72. The van der Waals surface area contributed by atoms with E-state index in [4.69, 9.17) is 4.74 Å². The van der Waals surface area contributed by atoms with Crippen LogP contribution in [0.5, 0.6) is 0 Å². The zero-order valence-corrected chi connectivity index (χ0v) is 9.46. The van der Waals surface area contributed by atoms with Gasteiger partial charge < -0.3 is 4.74 Å². The molecule has 2 atom stereocenters. The molecule has 0 aromatic carbocycles. The first kappa shape index (κ1) is 12.5. The second kappa shape index (κ2) is 6.01. The Balaban J connectivity index is 4.26. The normalized spacial score (nSPS) is 15.5. The zero-order valence-electron chi connectivity index (χ0n) is 9.46. The molecular formula is C11H22O2. The molecular weight excluding hydrogens is 164 g/mol. The molecule has 0 aliphatic heterocycles. The minimum Gasteiger partial charge on any atom is -0.469 e. The number of esters is 1. The molecule has 0 heterocycles. The van der Waals surface area contributed by atoms with Crippen LogP contribution in [-0.2, 0) is 9.53 Å². The minimum absolute atomic E-state index is 0.0527. The number of hydrogen-bond acceptors (Lipinski definition) is 2. The monoisotopic (exact) mass is 186 g/mol. The molecule has 0 radical (unpaired) electrons. The van der Waals surface area contributed by atoms with Gasteiger partial charge >= 0.3 is 5.97 Å². The topological polar surface area (TPSA) is 26.3 Å². The van der Waals surface area contributed by atoms with Gasteiger partial charge in [-0.1, -0.05) is 34.1 Å². The van der Waals surface area contributed by atoms with Crippen molar-refractivity contribution in [1.29, 1.82) is 0 Å². The average molecular weight is 186 g/mol. The summed E-state index contributed by atoms with van der Waals surface area (Å²) in [4.78, 5) is 11.4. The number of hydrogen-bond donors (Lipinski definition) is 0. The summed E-state index contributed by atoms with van der Waals surface area (Å²) in [6.07, 6.45) is 1.97. The van der Waals surface area contributed by atoms with E-state index in [2.05, 4.69) is 27.7 Å². The van der Waals surface area contributed by atoms with Crippen molar-refractivity contribution in [3.05, 3.63) is 0 Å². The van der Waals surface area contributed by atoms with E-state index in [1.165, 1.54) is 7.11 Å². The lowest BCUT2D eigenvalue weighted by Gasteiger charge is -2.21. The van der Waals surface area contributed by atoms with E-state index in [0.717, 1.165) is 12.8 Å². The number of carbonyl (C=O) groups excluding carboxylic acids is 1. The predicted octanol–water partition coefficient (Wildman–Crippen LogP) is 2.87. The Morgan fingerprint density at radius 2 is 1.85 bits per heavy atom. The summed E-state index contributed by atoms with van der Waals surface area (Å²) < 4.78 is 4.80. The van der Waals surface area contributed by atoms with E-state index >= 15 is 0 Å². The molecule has 0 aromatic rings. The standard InChI is InChI=1S/C11H22O2/c1-6-9(4)10(7-8(2)3)11(12)13-5/h8-10H,6-7H2,1-5H3/t9?,10-/m0/s1. The van der Waals surface area contributed by atoms with Crippen LogP contribution in [0.3, 0.4) is 0 Å². The smallest absolute Gasteiger partial charge is 0.308 e. The van der Waals surface area contributed by atoms with Crippen LogP contribution < -0.4 is 0 Å². The van der Waals surface area contributed by atoms with E-state index < -0.39 is 0 Å². The molecule has 0 amide bonds. The average Bonchev–Trinajstić information content (AvgIpc) is 2.11. The Bertz CT molecular complexity index is 152. The second-order valence-electron chi connectivity index (χ2n) is 4.14. The molecule has 0 saturated carbocycles. The third-order valence-corrected chi connectivity index (χ3v) is 2.56. The van der Waals surface area contributed by atoms with Crippen LogP contribution in [0.15, 0.2) is 0 Å². The number of ether oxygens (including phenoxy) is 1. The molecule has 0 aromatic heterocycles. The van der Waals surface area contributed by atoms with E-state index in [9.17, 15) is 4.79 Å². The van der Waals surface area contributed by atoms with Crippen molar-refractivity contribution in [3.63, 3.8) is 0 Å². The molecule has 78 valence electrons. The summed E-state index contributed by atoms with van der Waals surface area (Å²) in [7, 11) is 1.47. The quantitative estimate of drug-likeness (QED) is 0.617. The van der Waals surface area contributed by atoms with E-state index in [0.29, 0.717) is 11.8 Å². The SMILES string of the molecule is CCC(C)[C@H](CC(C)C)C(=O)OC. The van der Waals surface area contributed by atoms with Gasteiger partial charge in [-0.3, -0.25) is 4.79 Å². The van der Waals surface area contributed by atoms with Gasteiger partial charge in [0.1, 0.15) is 0 Å². The largest absolute Gasteiger partial charge is 0.469 e. The van der Waals surface area contributed by atoms with Crippen LogP contribution in [0, 0.1) is 17.8 Å². The highest BCUT2D eigenvalue weighted by Gasteiger charge is 2.25. The molecule has 2 heteroatoms. The third-order valence-electron chi connectivity index (χ3n) is 2.56. The van der Waals surface area contributed by atoms with Gasteiger partial charge in [0.05, 0.1) is 13.0 Å². The Morgan fingerprint density at radius 1 is 1.31 bits per heavy atom. The molecule has 1 unspecified atom stereocenters. The number of carbonyl (C=O) groups is 1. The van der Waals surface area contributed by atoms with Crippen molar-refractivity contribution in [2.24, 2.45) is 17.8 Å². The maximum Gasteiger partial charge on any atom is 0.308 e. The van der Waals surface area contributed by atoms with Gasteiger partial charge in [0.25, 0.3) is 0 Å². The zero-order chi connectivity index (χ0) is 10.4. The first-order valence-corrected chi connectivity index (χ1v) is 5.10. The number of rotatable bonds is 5. The first-order chi connectivity index (χ1) is 6.02. The van der Waals surface area contributed by atoms with Crippen LogP contribution in [-0.4, -0.2) is 13.1 Å². The summed E-state index contributed by atoms with van der Waals surface area (Å²) in [5.41, 5.74) is 0. The lowest BCUT2D eigenvalue weighted by molar-refractivity contribution is -0.148. The van der Waals surface area contributed by atoms with Crippen molar-refractivity contribution in [2.75, 3.05) is 7.11 Å². The fraction of sp³-hybridized carbons (Fsp3) is 0.909. The minimum atomic E-state index is -0.0527. The van der Waals surface area contributed by atoms with Gasteiger partial charge in [-0.05, 0) is 18.3 Å². The maximum atomic E-state index is 11.4. The van der Waals surface area contributed by atoms with Crippen molar-refractivity contribution in [3.8, 4) is 0 Å². The Hall–Kier alpha value is -0.530. The van der Waals surface area contributed by atoms with Gasteiger partial charge in [-0.2, -0.15) is 0 Å². The lowest BCUT2D eigenvalue weighted by atomic mass is 9.85. The summed E-state index contributed by atoms with van der Waals surface area (Å²) in [6.45, 7) is 8.50.